The van der Waals surface area contributed by atoms with Gasteiger partial charge in [0.25, 0.3) is 5.91 Å². The molecule has 2 heterocycles. The van der Waals surface area contributed by atoms with Gasteiger partial charge in [0.1, 0.15) is 5.76 Å². The van der Waals surface area contributed by atoms with Crippen molar-refractivity contribution >= 4 is 23.4 Å². The van der Waals surface area contributed by atoms with E-state index in [0.717, 1.165) is 0 Å². The normalized spacial score (nSPS) is 10.3. The van der Waals surface area contributed by atoms with Gasteiger partial charge in [-0.25, -0.2) is 4.98 Å². The van der Waals surface area contributed by atoms with Crippen LogP contribution in [0.5, 0.6) is 0 Å². The Balaban J connectivity index is 1.44. The van der Waals surface area contributed by atoms with Gasteiger partial charge in [-0.3, -0.25) is 14.4 Å². The summed E-state index contributed by atoms with van der Waals surface area (Å²) < 4.78 is 6.93. The zero-order valence-electron chi connectivity index (χ0n) is 15.6. The lowest BCUT2D eigenvalue weighted by molar-refractivity contribution is -0.120. The molecule has 3 aromatic rings. The molecule has 0 unspecified atom stereocenters. The number of hydrogen-bond acceptors (Lipinski definition) is 5. The van der Waals surface area contributed by atoms with Crippen LogP contribution in [0.1, 0.15) is 22.5 Å². The lowest BCUT2D eigenvalue weighted by Crippen LogP contribution is -2.36. The van der Waals surface area contributed by atoms with Crippen molar-refractivity contribution in [1.82, 2.24) is 20.2 Å². The maximum atomic E-state index is 12.3. The summed E-state index contributed by atoms with van der Waals surface area (Å²) in [5.41, 5.74) is 0.854. The molecule has 3 N–H and O–H groups in total. The first-order valence-corrected chi connectivity index (χ1v) is 9.03. The molecule has 29 heavy (non-hydrogen) atoms. The second-order valence-electron chi connectivity index (χ2n) is 6.22. The minimum Gasteiger partial charge on any atom is -0.467 e. The summed E-state index contributed by atoms with van der Waals surface area (Å²) in [6.45, 7) is 0.600. The number of aryl methyl sites for hydroxylation is 1. The molecule has 2 aromatic heterocycles. The predicted molar refractivity (Wildman–Crippen MR) is 105 cm³/mol. The van der Waals surface area contributed by atoms with Crippen molar-refractivity contribution in [2.45, 2.75) is 19.5 Å². The number of furan rings is 1. The van der Waals surface area contributed by atoms with Crippen molar-refractivity contribution in [3.63, 3.8) is 0 Å². The van der Waals surface area contributed by atoms with Crippen molar-refractivity contribution in [3.8, 4) is 0 Å². The van der Waals surface area contributed by atoms with Crippen molar-refractivity contribution < 1.29 is 18.8 Å². The second kappa shape index (κ2) is 9.88. The van der Waals surface area contributed by atoms with E-state index in [4.69, 9.17) is 4.42 Å². The van der Waals surface area contributed by atoms with E-state index in [2.05, 4.69) is 20.9 Å². The highest BCUT2D eigenvalue weighted by atomic mass is 16.3. The molecule has 0 aliphatic heterocycles. The van der Waals surface area contributed by atoms with E-state index in [9.17, 15) is 14.4 Å². The van der Waals surface area contributed by atoms with Gasteiger partial charge in [-0.1, -0.05) is 6.07 Å². The number of aromatic nitrogens is 2. The van der Waals surface area contributed by atoms with Gasteiger partial charge >= 0.3 is 0 Å². The molecule has 0 atom stereocenters. The summed E-state index contributed by atoms with van der Waals surface area (Å²) in [5.74, 6) is -0.291. The number of hydrogen-bond donors (Lipinski definition) is 3. The fourth-order valence-corrected chi connectivity index (χ4v) is 2.54. The molecule has 1 aromatic carbocycles. The van der Waals surface area contributed by atoms with E-state index >= 15 is 0 Å². The molecule has 9 heteroatoms. The Morgan fingerprint density at radius 2 is 1.97 bits per heavy atom. The van der Waals surface area contributed by atoms with E-state index in [-0.39, 0.29) is 31.3 Å². The van der Waals surface area contributed by atoms with E-state index in [0.29, 0.717) is 23.6 Å². The van der Waals surface area contributed by atoms with Gasteiger partial charge in [-0.2, -0.15) is 0 Å². The van der Waals surface area contributed by atoms with Gasteiger partial charge in [-0.15, -0.1) is 0 Å². The molecule has 3 rings (SSSR count). The fraction of sp³-hybridized carbons (Fsp3) is 0.200. The van der Waals surface area contributed by atoms with E-state index in [1.807, 2.05) is 0 Å². The number of anilines is 1. The average Bonchev–Trinajstić information content (AvgIpc) is 3.43. The molecule has 0 fully saturated rings. The van der Waals surface area contributed by atoms with E-state index in [1.54, 1.807) is 59.7 Å². The number of carbonyl (C=O) groups is 3. The molecule has 0 radical (unpaired) electrons. The van der Waals surface area contributed by atoms with Crippen LogP contribution in [0.25, 0.3) is 0 Å². The third kappa shape index (κ3) is 6.35. The van der Waals surface area contributed by atoms with E-state index in [1.165, 1.54) is 6.26 Å². The highest BCUT2D eigenvalue weighted by Crippen LogP contribution is 2.11. The van der Waals surface area contributed by atoms with Gasteiger partial charge < -0.3 is 24.9 Å². The zero-order valence-corrected chi connectivity index (χ0v) is 15.6. The highest BCUT2D eigenvalue weighted by molar-refractivity contribution is 5.98. The van der Waals surface area contributed by atoms with Crippen LogP contribution in [0.3, 0.4) is 0 Å². The molecule has 9 nitrogen and oxygen atoms in total. The molecule has 0 bridgehead atoms. The quantitative estimate of drug-likeness (QED) is 0.508. The summed E-state index contributed by atoms with van der Waals surface area (Å²) in [6.07, 6.45) is 6.87. The first-order chi connectivity index (χ1) is 14.1. The molecule has 0 aliphatic carbocycles. The maximum absolute atomic E-state index is 12.3. The smallest absolute Gasteiger partial charge is 0.251 e. The standard InChI is InChI=1S/C20H21N5O4/c26-18(6-8-25-9-7-21-14-25)24-16-4-1-3-15(11-16)20(28)23-13-19(27)22-12-17-5-2-10-29-17/h1-5,7,9-11,14H,6,8,12-13H2,(H,22,27)(H,23,28)(H,24,26). The average molecular weight is 395 g/mol. The second-order valence-corrected chi connectivity index (χ2v) is 6.22. The Labute approximate surface area is 167 Å². The Hall–Kier alpha value is -3.88. The summed E-state index contributed by atoms with van der Waals surface area (Å²) >= 11 is 0. The Morgan fingerprint density at radius 1 is 1.07 bits per heavy atom. The van der Waals surface area contributed by atoms with Gasteiger partial charge in [0, 0.05) is 36.6 Å². The largest absolute Gasteiger partial charge is 0.467 e. The van der Waals surface area contributed by atoms with Crippen LogP contribution >= 0.6 is 0 Å². The SMILES string of the molecule is O=C(CNC(=O)c1cccc(NC(=O)CCn2ccnc2)c1)NCc1ccco1. The summed E-state index contributed by atoms with van der Waals surface area (Å²) in [4.78, 5) is 40.1. The summed E-state index contributed by atoms with van der Waals surface area (Å²) in [6, 6.07) is 10.0. The number of rotatable bonds is 9. The van der Waals surface area contributed by atoms with Crippen molar-refractivity contribution in [1.29, 1.82) is 0 Å². The van der Waals surface area contributed by atoms with Crippen LogP contribution in [-0.4, -0.2) is 33.8 Å². The number of carbonyl (C=O) groups excluding carboxylic acids is 3. The summed E-state index contributed by atoms with van der Waals surface area (Å²) in [7, 11) is 0. The topological polar surface area (TPSA) is 118 Å². The van der Waals surface area contributed by atoms with Crippen LogP contribution in [-0.2, 0) is 22.7 Å². The minimum absolute atomic E-state index is 0.166. The molecule has 3 amide bonds. The monoisotopic (exact) mass is 395 g/mol. The lowest BCUT2D eigenvalue weighted by Gasteiger charge is -2.09. The molecule has 0 spiro atoms. The molecule has 0 saturated heterocycles. The minimum atomic E-state index is -0.410. The van der Waals surface area contributed by atoms with Crippen LogP contribution in [0.4, 0.5) is 5.69 Å². The van der Waals surface area contributed by atoms with E-state index < -0.39 is 5.91 Å². The molecule has 0 aliphatic rings. The van der Waals surface area contributed by atoms with Gasteiger partial charge in [0.2, 0.25) is 11.8 Å². The number of amides is 3. The maximum Gasteiger partial charge on any atom is 0.251 e. The third-order valence-corrected chi connectivity index (χ3v) is 4.01. The predicted octanol–water partition coefficient (Wildman–Crippen LogP) is 1.55. The van der Waals surface area contributed by atoms with Gasteiger partial charge in [-0.05, 0) is 30.3 Å². The third-order valence-electron chi connectivity index (χ3n) is 4.01. The number of nitrogens with one attached hydrogen (secondary N) is 3. The molecular weight excluding hydrogens is 374 g/mol. The van der Waals surface area contributed by atoms with Crippen molar-refractivity contribution in [3.05, 3.63) is 72.7 Å². The number of imidazole rings is 1. The highest BCUT2D eigenvalue weighted by Gasteiger charge is 2.10. The molecule has 0 saturated carbocycles. The van der Waals surface area contributed by atoms with Crippen molar-refractivity contribution in [2.24, 2.45) is 0 Å². The molecule has 150 valence electrons. The van der Waals surface area contributed by atoms with Gasteiger partial charge in [0.15, 0.2) is 0 Å². The lowest BCUT2D eigenvalue weighted by atomic mass is 10.2. The van der Waals surface area contributed by atoms with Gasteiger partial charge in [0.05, 0.1) is 25.7 Å². The Kier molecular flexibility index (Phi) is 6.77. The van der Waals surface area contributed by atoms with Crippen LogP contribution < -0.4 is 16.0 Å². The summed E-state index contributed by atoms with van der Waals surface area (Å²) in [5, 5.41) is 7.95. The fourth-order valence-electron chi connectivity index (χ4n) is 2.54. The Morgan fingerprint density at radius 3 is 2.72 bits per heavy atom. The first kappa shape index (κ1) is 19.9. The first-order valence-electron chi connectivity index (χ1n) is 9.03. The Bertz CT molecular complexity index is 951. The molecular formula is C20H21N5O4. The number of benzene rings is 1. The van der Waals surface area contributed by atoms with Crippen LogP contribution in [0.2, 0.25) is 0 Å². The van der Waals surface area contributed by atoms with Crippen molar-refractivity contribution in [2.75, 3.05) is 11.9 Å². The zero-order chi connectivity index (χ0) is 20.5. The van der Waals surface area contributed by atoms with Crippen LogP contribution in [0.15, 0.2) is 65.8 Å². The van der Waals surface area contributed by atoms with Crippen LogP contribution in [0, 0.1) is 0 Å². The number of nitrogens with zero attached hydrogens (tertiary/aromatic N) is 2.